The topological polar surface area (TPSA) is 45.9 Å². The van der Waals surface area contributed by atoms with Gasteiger partial charge < -0.3 is 4.74 Å². The van der Waals surface area contributed by atoms with Crippen LogP contribution in [0, 0.1) is 16.7 Å². The van der Waals surface area contributed by atoms with Crippen LogP contribution in [0.3, 0.4) is 0 Å². The van der Waals surface area contributed by atoms with E-state index in [1.54, 1.807) is 16.8 Å². The Labute approximate surface area is 110 Å². The molecule has 2 aromatic rings. The second-order valence-electron chi connectivity index (χ2n) is 4.62. The lowest BCUT2D eigenvalue weighted by Crippen LogP contribution is -2.35. The molecule has 0 saturated heterocycles. The summed E-state index contributed by atoms with van der Waals surface area (Å²) in [5.74, 6) is 0.904. The Bertz CT molecular complexity index is 588. The monoisotopic (exact) mass is 256 g/mol. The molecule has 1 aromatic carbocycles. The number of nitriles is 1. The van der Waals surface area contributed by atoms with Crippen molar-refractivity contribution in [3.63, 3.8) is 0 Å². The van der Waals surface area contributed by atoms with Gasteiger partial charge in [-0.3, -0.25) is 0 Å². The molecular formula is C14H12N2OS. The third-order valence-electron chi connectivity index (χ3n) is 3.25. The molecule has 0 N–H and O–H groups in total. The molecule has 3 rings (SSSR count). The molecule has 0 radical (unpaired) electrons. The number of hydrogen-bond acceptors (Lipinski definition) is 4. The minimum atomic E-state index is -0.484. The molecule has 1 atom stereocenters. The summed E-state index contributed by atoms with van der Waals surface area (Å²) in [6.07, 6.45) is 1.39. The summed E-state index contributed by atoms with van der Waals surface area (Å²) >= 11 is 1.56. The van der Waals surface area contributed by atoms with Crippen molar-refractivity contribution in [1.29, 1.82) is 5.26 Å². The van der Waals surface area contributed by atoms with Crippen molar-refractivity contribution in [1.82, 2.24) is 4.98 Å². The Kier molecular flexibility index (Phi) is 2.77. The van der Waals surface area contributed by atoms with Crippen LogP contribution >= 0.6 is 11.3 Å². The molecule has 1 aliphatic rings. The number of benzene rings is 1. The van der Waals surface area contributed by atoms with Gasteiger partial charge in [-0.05, 0) is 18.1 Å². The predicted octanol–water partition coefficient (Wildman–Crippen LogP) is 2.83. The van der Waals surface area contributed by atoms with Gasteiger partial charge in [0.1, 0.15) is 17.8 Å². The number of rotatable bonds is 2. The fraction of sp³-hybridized carbons (Fsp3) is 0.286. The standard InChI is InChI=1S/C14H12N2OS/c15-8-14(6-12-7-18-10-16-12)5-11-3-1-2-4-13(11)17-9-14/h1-4,7,10H,5-6,9H2. The smallest absolute Gasteiger partial charge is 0.122 e. The van der Waals surface area contributed by atoms with Crippen molar-refractivity contribution >= 4 is 11.3 Å². The number of ether oxygens (including phenoxy) is 1. The van der Waals surface area contributed by atoms with Crippen LogP contribution in [-0.2, 0) is 12.8 Å². The molecule has 18 heavy (non-hydrogen) atoms. The van der Waals surface area contributed by atoms with E-state index < -0.39 is 5.41 Å². The van der Waals surface area contributed by atoms with Gasteiger partial charge in [-0.15, -0.1) is 11.3 Å². The van der Waals surface area contributed by atoms with E-state index in [0.29, 0.717) is 13.0 Å². The van der Waals surface area contributed by atoms with Crippen molar-refractivity contribution in [2.45, 2.75) is 12.8 Å². The molecule has 3 nitrogen and oxygen atoms in total. The van der Waals surface area contributed by atoms with Crippen LogP contribution in [0.4, 0.5) is 0 Å². The van der Waals surface area contributed by atoms with E-state index in [0.717, 1.165) is 23.4 Å². The molecule has 1 aliphatic heterocycles. The highest BCUT2D eigenvalue weighted by Crippen LogP contribution is 2.36. The summed E-state index contributed by atoms with van der Waals surface area (Å²) in [6, 6.07) is 10.4. The van der Waals surface area contributed by atoms with Crippen LogP contribution in [0.25, 0.3) is 0 Å². The number of thiazole rings is 1. The first-order valence-corrected chi connectivity index (χ1v) is 6.75. The molecule has 0 fully saturated rings. The second-order valence-corrected chi connectivity index (χ2v) is 5.34. The van der Waals surface area contributed by atoms with Gasteiger partial charge >= 0.3 is 0 Å². The Balaban J connectivity index is 1.89. The van der Waals surface area contributed by atoms with Crippen molar-refractivity contribution < 1.29 is 4.74 Å². The molecule has 90 valence electrons. The third-order valence-corrected chi connectivity index (χ3v) is 3.88. The van der Waals surface area contributed by atoms with Crippen molar-refractivity contribution in [3.8, 4) is 11.8 Å². The Hall–Kier alpha value is -1.86. The van der Waals surface area contributed by atoms with Crippen LogP contribution in [0.5, 0.6) is 5.75 Å². The van der Waals surface area contributed by atoms with Crippen LogP contribution in [-0.4, -0.2) is 11.6 Å². The molecule has 0 bridgehead atoms. The average Bonchev–Trinajstić information content (AvgIpc) is 2.91. The normalized spacial score (nSPS) is 21.7. The largest absolute Gasteiger partial charge is 0.492 e. The number of nitrogens with zero attached hydrogens (tertiary/aromatic N) is 2. The Morgan fingerprint density at radius 1 is 1.44 bits per heavy atom. The molecule has 0 aliphatic carbocycles. The predicted molar refractivity (Wildman–Crippen MR) is 69.5 cm³/mol. The fourth-order valence-corrected chi connectivity index (χ4v) is 2.88. The van der Waals surface area contributed by atoms with Gasteiger partial charge in [0, 0.05) is 11.8 Å². The zero-order valence-electron chi connectivity index (χ0n) is 9.80. The fourth-order valence-electron chi connectivity index (χ4n) is 2.32. The van der Waals surface area contributed by atoms with Crippen LogP contribution in [0.1, 0.15) is 11.3 Å². The van der Waals surface area contributed by atoms with Gasteiger partial charge in [0.05, 0.1) is 17.3 Å². The first kappa shape index (κ1) is 11.2. The van der Waals surface area contributed by atoms with Crippen molar-refractivity contribution in [2.24, 2.45) is 5.41 Å². The summed E-state index contributed by atoms with van der Waals surface area (Å²) in [4.78, 5) is 4.27. The minimum absolute atomic E-state index is 0.443. The van der Waals surface area contributed by atoms with Gasteiger partial charge in [0.2, 0.25) is 0 Å². The van der Waals surface area contributed by atoms with Crippen molar-refractivity contribution in [3.05, 3.63) is 46.4 Å². The number of fused-ring (bicyclic) bond motifs is 1. The molecular weight excluding hydrogens is 244 g/mol. The van der Waals surface area contributed by atoms with Gasteiger partial charge in [0.25, 0.3) is 0 Å². The van der Waals surface area contributed by atoms with E-state index in [1.165, 1.54) is 0 Å². The maximum absolute atomic E-state index is 9.51. The minimum Gasteiger partial charge on any atom is -0.492 e. The van der Waals surface area contributed by atoms with Crippen LogP contribution in [0.2, 0.25) is 0 Å². The molecule has 4 heteroatoms. The highest BCUT2D eigenvalue weighted by Gasteiger charge is 2.36. The van der Waals surface area contributed by atoms with E-state index in [2.05, 4.69) is 11.1 Å². The number of aromatic nitrogens is 1. The summed E-state index contributed by atoms with van der Waals surface area (Å²) in [5, 5.41) is 11.5. The Morgan fingerprint density at radius 3 is 3.11 bits per heavy atom. The molecule has 1 aromatic heterocycles. The summed E-state index contributed by atoms with van der Waals surface area (Å²) in [6.45, 7) is 0.443. The van der Waals surface area contributed by atoms with E-state index in [1.807, 2.05) is 29.6 Å². The quantitative estimate of drug-likeness (QED) is 0.830. The SMILES string of the molecule is N#CC1(Cc2cscn2)COc2ccccc2C1. The first-order valence-electron chi connectivity index (χ1n) is 5.80. The van der Waals surface area contributed by atoms with E-state index >= 15 is 0 Å². The highest BCUT2D eigenvalue weighted by molar-refractivity contribution is 7.07. The van der Waals surface area contributed by atoms with Gasteiger partial charge in [-0.2, -0.15) is 5.26 Å². The van der Waals surface area contributed by atoms with Crippen LogP contribution in [0.15, 0.2) is 35.2 Å². The lowest BCUT2D eigenvalue weighted by atomic mass is 9.78. The summed E-state index contributed by atoms with van der Waals surface area (Å²) < 4.78 is 5.73. The van der Waals surface area contributed by atoms with Crippen LogP contribution < -0.4 is 4.74 Å². The zero-order valence-corrected chi connectivity index (χ0v) is 10.6. The van der Waals surface area contributed by atoms with E-state index in [9.17, 15) is 5.26 Å². The number of para-hydroxylation sites is 1. The first-order chi connectivity index (χ1) is 8.81. The zero-order chi connectivity index (χ0) is 12.4. The van der Waals surface area contributed by atoms with Gasteiger partial charge in [-0.1, -0.05) is 18.2 Å². The van der Waals surface area contributed by atoms with Gasteiger partial charge in [0.15, 0.2) is 0 Å². The average molecular weight is 256 g/mol. The molecule has 2 heterocycles. The maximum Gasteiger partial charge on any atom is 0.122 e. The lowest BCUT2D eigenvalue weighted by Gasteiger charge is -2.31. The molecule has 1 unspecified atom stereocenters. The van der Waals surface area contributed by atoms with E-state index in [-0.39, 0.29) is 0 Å². The Morgan fingerprint density at radius 2 is 2.33 bits per heavy atom. The third kappa shape index (κ3) is 1.98. The number of hydrogen-bond donors (Lipinski definition) is 0. The summed E-state index contributed by atoms with van der Waals surface area (Å²) in [5.41, 5.74) is 3.41. The van der Waals surface area contributed by atoms with E-state index in [4.69, 9.17) is 4.74 Å². The molecule has 0 saturated carbocycles. The lowest BCUT2D eigenvalue weighted by molar-refractivity contribution is 0.168. The highest BCUT2D eigenvalue weighted by atomic mass is 32.1. The summed E-state index contributed by atoms with van der Waals surface area (Å²) in [7, 11) is 0. The van der Waals surface area contributed by atoms with Crippen molar-refractivity contribution in [2.75, 3.05) is 6.61 Å². The molecule has 0 amide bonds. The second kappa shape index (κ2) is 4.43. The molecule has 0 spiro atoms. The maximum atomic E-state index is 9.51. The van der Waals surface area contributed by atoms with Gasteiger partial charge in [-0.25, -0.2) is 4.98 Å².